The van der Waals surface area contributed by atoms with Crippen molar-refractivity contribution in [3.05, 3.63) is 12.2 Å². The molecular formula is C20H30N5O2+. The van der Waals surface area contributed by atoms with Gasteiger partial charge in [0.15, 0.2) is 0 Å². The number of aliphatic imine (C=N–C) groups is 1. The molecule has 146 valence electrons. The second-order valence-electron chi connectivity index (χ2n) is 8.60. The van der Waals surface area contributed by atoms with Gasteiger partial charge in [-0.25, -0.2) is 9.37 Å². The number of imide groups is 1. The molecule has 0 N–H and O–H groups in total. The summed E-state index contributed by atoms with van der Waals surface area (Å²) in [6, 6.07) is -0.308. The van der Waals surface area contributed by atoms with E-state index in [1.165, 1.54) is 37.0 Å². The summed E-state index contributed by atoms with van der Waals surface area (Å²) >= 11 is 0. The number of amidine groups is 1. The van der Waals surface area contributed by atoms with Crippen LogP contribution in [0.15, 0.2) is 17.1 Å². The van der Waals surface area contributed by atoms with Crippen molar-refractivity contribution in [2.24, 2.45) is 10.9 Å². The van der Waals surface area contributed by atoms with Crippen LogP contribution >= 0.6 is 0 Å². The number of fused-ring (bicyclic) bond motifs is 2. The lowest BCUT2D eigenvalue weighted by atomic mass is 9.93. The summed E-state index contributed by atoms with van der Waals surface area (Å²) in [6.07, 6.45) is 6.19. The molecule has 2 unspecified atom stereocenters. The van der Waals surface area contributed by atoms with Crippen LogP contribution in [-0.2, 0) is 4.79 Å². The van der Waals surface area contributed by atoms with Gasteiger partial charge in [0.25, 0.3) is 5.91 Å². The highest BCUT2D eigenvalue weighted by Crippen LogP contribution is 2.30. The number of guanidine groups is 1. The van der Waals surface area contributed by atoms with Crippen molar-refractivity contribution in [2.75, 3.05) is 26.7 Å². The molecule has 0 bridgehead atoms. The number of rotatable bonds is 3. The van der Waals surface area contributed by atoms with E-state index in [2.05, 4.69) is 23.0 Å². The minimum absolute atomic E-state index is 0.174. The van der Waals surface area contributed by atoms with Crippen LogP contribution in [0, 0.1) is 5.92 Å². The quantitative estimate of drug-likeness (QED) is 0.561. The number of hydrogen-bond donors (Lipinski definition) is 0. The molecule has 3 heterocycles. The third-order valence-corrected chi connectivity index (χ3v) is 6.11. The summed E-state index contributed by atoms with van der Waals surface area (Å²) in [4.78, 5) is 36.1. The second-order valence-corrected chi connectivity index (χ2v) is 8.60. The van der Waals surface area contributed by atoms with E-state index in [-0.39, 0.29) is 18.5 Å². The smallest absolute Gasteiger partial charge is 0.270 e. The van der Waals surface area contributed by atoms with Gasteiger partial charge in [-0.3, -0.25) is 19.5 Å². The van der Waals surface area contributed by atoms with E-state index in [9.17, 15) is 9.59 Å². The van der Waals surface area contributed by atoms with Gasteiger partial charge < -0.3 is 0 Å². The Morgan fingerprint density at radius 3 is 2.63 bits per heavy atom. The highest BCUT2D eigenvalue weighted by atomic mass is 16.2. The van der Waals surface area contributed by atoms with E-state index in [1.54, 1.807) is 11.9 Å². The van der Waals surface area contributed by atoms with Gasteiger partial charge in [-0.1, -0.05) is 43.3 Å². The average Bonchev–Trinajstić information content (AvgIpc) is 3.03. The fourth-order valence-electron chi connectivity index (χ4n) is 4.85. The van der Waals surface area contributed by atoms with Crippen LogP contribution in [-0.4, -0.2) is 81.8 Å². The average molecular weight is 372 g/mol. The van der Waals surface area contributed by atoms with Gasteiger partial charge in [-0.15, -0.1) is 0 Å². The molecule has 3 aliphatic heterocycles. The molecule has 2 fully saturated rings. The van der Waals surface area contributed by atoms with Gasteiger partial charge >= 0.3 is 12.0 Å². The minimum Gasteiger partial charge on any atom is -0.270 e. The standard InChI is InChI=1S/C20H30N5O2/c1-13(2)10-25-18(26)16-17(22(4)20(25)27)21-19-23(11-14(3)12-24(16)19)15-8-6-5-7-9-15/h14-16H,1,5-12H2,2-4H3/q+1. The molecule has 0 radical (unpaired) electrons. The summed E-state index contributed by atoms with van der Waals surface area (Å²) in [5, 5.41) is 0. The summed E-state index contributed by atoms with van der Waals surface area (Å²) < 4.78 is 2.13. The Labute approximate surface area is 161 Å². The lowest BCUT2D eigenvalue weighted by Crippen LogP contribution is -2.64. The fourth-order valence-corrected chi connectivity index (χ4v) is 4.85. The SMILES string of the molecule is C=C(C)CN1C(=O)C2C(=NC3=[N+]2CC(C)CN3C2CCCCC2)N(C)C1=O. The van der Waals surface area contributed by atoms with E-state index >= 15 is 0 Å². The van der Waals surface area contributed by atoms with E-state index in [0.717, 1.165) is 24.6 Å². The molecule has 0 aromatic carbocycles. The largest absolute Gasteiger partial charge is 0.392 e. The first-order chi connectivity index (χ1) is 12.9. The Kier molecular flexibility index (Phi) is 4.56. The lowest BCUT2D eigenvalue weighted by Gasteiger charge is -2.37. The molecule has 0 spiro atoms. The number of amides is 3. The number of nitrogens with zero attached hydrogens (tertiary/aromatic N) is 5. The highest BCUT2D eigenvalue weighted by Gasteiger charge is 2.55. The van der Waals surface area contributed by atoms with Crippen molar-refractivity contribution >= 4 is 23.7 Å². The third kappa shape index (κ3) is 2.97. The Morgan fingerprint density at radius 2 is 1.96 bits per heavy atom. The zero-order chi connectivity index (χ0) is 19.3. The van der Waals surface area contributed by atoms with E-state index in [0.29, 0.717) is 17.8 Å². The van der Waals surface area contributed by atoms with Crippen LogP contribution in [0.5, 0.6) is 0 Å². The van der Waals surface area contributed by atoms with Crippen LogP contribution in [0.2, 0.25) is 0 Å². The van der Waals surface area contributed by atoms with E-state index in [4.69, 9.17) is 4.99 Å². The molecule has 7 nitrogen and oxygen atoms in total. The molecule has 1 saturated carbocycles. The predicted molar refractivity (Wildman–Crippen MR) is 104 cm³/mol. The van der Waals surface area contributed by atoms with Crippen molar-refractivity contribution in [2.45, 2.75) is 58.0 Å². The van der Waals surface area contributed by atoms with Crippen molar-refractivity contribution < 1.29 is 14.2 Å². The molecule has 3 amide bonds. The lowest BCUT2D eigenvalue weighted by molar-refractivity contribution is -0.552. The first-order valence-electron chi connectivity index (χ1n) is 10.1. The molecule has 4 aliphatic rings. The van der Waals surface area contributed by atoms with Gasteiger partial charge in [0.1, 0.15) is 0 Å². The Morgan fingerprint density at radius 1 is 1.26 bits per heavy atom. The third-order valence-electron chi connectivity index (χ3n) is 6.11. The first kappa shape index (κ1) is 18.2. The molecule has 2 atom stereocenters. The van der Waals surface area contributed by atoms with Gasteiger partial charge in [-0.05, 0) is 19.8 Å². The molecule has 27 heavy (non-hydrogen) atoms. The number of hydrogen-bond acceptors (Lipinski definition) is 4. The number of likely N-dealkylation sites (N-methyl/N-ethyl adjacent to an activating group) is 1. The maximum Gasteiger partial charge on any atom is 0.392 e. The second kappa shape index (κ2) is 6.77. The van der Waals surface area contributed by atoms with Crippen LogP contribution in [0.3, 0.4) is 0 Å². The molecule has 1 saturated heterocycles. The number of carbonyl (C=O) groups is 2. The predicted octanol–water partition coefficient (Wildman–Crippen LogP) is 1.89. The maximum atomic E-state index is 13.2. The zero-order valence-corrected chi connectivity index (χ0v) is 16.6. The Hall–Kier alpha value is -2.18. The summed E-state index contributed by atoms with van der Waals surface area (Å²) in [6.45, 7) is 9.98. The molecule has 0 aromatic heterocycles. The van der Waals surface area contributed by atoms with Crippen molar-refractivity contribution in [1.29, 1.82) is 0 Å². The monoisotopic (exact) mass is 372 g/mol. The van der Waals surface area contributed by atoms with E-state index in [1.807, 2.05) is 6.92 Å². The van der Waals surface area contributed by atoms with E-state index < -0.39 is 6.04 Å². The van der Waals surface area contributed by atoms with Gasteiger partial charge in [0.05, 0.1) is 25.7 Å². The summed E-state index contributed by atoms with van der Waals surface area (Å²) in [5.74, 6) is 1.75. The summed E-state index contributed by atoms with van der Waals surface area (Å²) in [7, 11) is 1.72. The van der Waals surface area contributed by atoms with Gasteiger partial charge in [-0.2, -0.15) is 0 Å². The van der Waals surface area contributed by atoms with Crippen LogP contribution < -0.4 is 0 Å². The van der Waals surface area contributed by atoms with Gasteiger partial charge in [0.2, 0.25) is 11.9 Å². The summed E-state index contributed by atoms with van der Waals surface area (Å²) in [5.41, 5.74) is 0.795. The molecule has 1 aliphatic carbocycles. The highest BCUT2D eigenvalue weighted by molar-refractivity contribution is 6.23. The van der Waals surface area contributed by atoms with Crippen LogP contribution in [0.4, 0.5) is 4.79 Å². The first-order valence-corrected chi connectivity index (χ1v) is 10.1. The number of carbonyl (C=O) groups excluding carboxylic acids is 2. The van der Waals surface area contributed by atoms with Crippen LogP contribution in [0.1, 0.15) is 46.0 Å². The Bertz CT molecular complexity index is 749. The van der Waals surface area contributed by atoms with Crippen molar-refractivity contribution in [1.82, 2.24) is 14.7 Å². The van der Waals surface area contributed by atoms with Crippen molar-refractivity contribution in [3.63, 3.8) is 0 Å². The number of urea groups is 1. The maximum absolute atomic E-state index is 13.2. The molecule has 0 aromatic rings. The van der Waals surface area contributed by atoms with Crippen LogP contribution in [0.25, 0.3) is 0 Å². The molecular weight excluding hydrogens is 342 g/mol. The topological polar surface area (TPSA) is 59.2 Å². The molecule has 4 rings (SSSR count). The normalized spacial score (nSPS) is 29.1. The fraction of sp³-hybridized carbons (Fsp3) is 0.700. The van der Waals surface area contributed by atoms with Crippen molar-refractivity contribution in [3.8, 4) is 0 Å². The minimum atomic E-state index is -0.490. The zero-order valence-electron chi connectivity index (χ0n) is 16.6. The molecule has 7 heteroatoms. The Balaban J connectivity index is 1.71. The van der Waals surface area contributed by atoms with Gasteiger partial charge in [0, 0.05) is 13.0 Å².